The molecule has 25 heavy (non-hydrogen) atoms. The van der Waals surface area contributed by atoms with Gasteiger partial charge in [-0.3, -0.25) is 4.90 Å². The summed E-state index contributed by atoms with van der Waals surface area (Å²) in [6.07, 6.45) is 20.4. The number of hydrogen-bond acceptors (Lipinski definition) is 1. The molecule has 150 valence electrons. The number of unbranched alkanes of at least 4 members (excludes halogenated alkanes) is 13. The van der Waals surface area contributed by atoms with Crippen LogP contribution in [-0.4, -0.2) is 55.7 Å². The zero-order chi connectivity index (χ0) is 18.2. The van der Waals surface area contributed by atoms with Gasteiger partial charge >= 0.3 is 0 Å². The summed E-state index contributed by atoms with van der Waals surface area (Å²) in [5.41, 5.74) is 0. The summed E-state index contributed by atoms with van der Waals surface area (Å²) in [7, 11) is 2.42. The van der Waals surface area contributed by atoms with E-state index in [1.807, 2.05) is 0 Å². The van der Waals surface area contributed by atoms with Crippen LogP contribution in [0.15, 0.2) is 0 Å². The van der Waals surface area contributed by atoms with Crippen molar-refractivity contribution < 1.29 is 4.48 Å². The molecule has 0 unspecified atom stereocenters. The standard InChI is InChI=1S/C23H49N2/c1-4-6-7-8-9-10-11-12-13-14-15-16-17-18-19-24-20-22-25(3,5-2)23-21-24/h4-23H2,1-3H3/q+1. The van der Waals surface area contributed by atoms with Gasteiger partial charge in [-0.25, -0.2) is 0 Å². The molecule has 0 radical (unpaired) electrons. The largest absolute Gasteiger partial charge is 0.324 e. The lowest BCUT2D eigenvalue weighted by molar-refractivity contribution is -0.911. The van der Waals surface area contributed by atoms with E-state index in [0.717, 1.165) is 0 Å². The molecule has 0 aromatic heterocycles. The molecule has 1 saturated heterocycles. The lowest BCUT2D eigenvalue weighted by Crippen LogP contribution is -2.57. The second-order valence-electron chi connectivity index (χ2n) is 8.82. The monoisotopic (exact) mass is 353 g/mol. The van der Waals surface area contributed by atoms with E-state index in [0.29, 0.717) is 0 Å². The third-order valence-corrected chi connectivity index (χ3v) is 6.50. The van der Waals surface area contributed by atoms with Crippen LogP contribution < -0.4 is 0 Å². The van der Waals surface area contributed by atoms with Gasteiger partial charge in [0.1, 0.15) is 0 Å². The lowest BCUT2D eigenvalue weighted by Gasteiger charge is -2.41. The Hall–Kier alpha value is -0.0800. The summed E-state index contributed by atoms with van der Waals surface area (Å²) in [4.78, 5) is 2.70. The Labute approximate surface area is 159 Å². The van der Waals surface area contributed by atoms with Crippen molar-refractivity contribution >= 4 is 0 Å². The number of hydrogen-bond donors (Lipinski definition) is 0. The van der Waals surface area contributed by atoms with E-state index in [-0.39, 0.29) is 0 Å². The highest BCUT2D eigenvalue weighted by molar-refractivity contribution is 4.63. The first kappa shape index (κ1) is 23.0. The smallest absolute Gasteiger partial charge is 0.0914 e. The van der Waals surface area contributed by atoms with Crippen molar-refractivity contribution in [2.24, 2.45) is 0 Å². The van der Waals surface area contributed by atoms with Crippen molar-refractivity contribution in [2.75, 3.05) is 46.3 Å². The molecular weight excluding hydrogens is 304 g/mol. The van der Waals surface area contributed by atoms with Gasteiger partial charge in [-0.1, -0.05) is 90.4 Å². The summed E-state index contributed by atoms with van der Waals surface area (Å²) in [5.74, 6) is 0. The normalized spacial score (nSPS) is 17.9. The molecule has 2 nitrogen and oxygen atoms in total. The quantitative estimate of drug-likeness (QED) is 0.234. The number of quaternary nitrogens is 1. The Kier molecular flexibility index (Phi) is 13.8. The van der Waals surface area contributed by atoms with Crippen LogP contribution in [0.3, 0.4) is 0 Å². The molecule has 0 N–H and O–H groups in total. The first-order valence-corrected chi connectivity index (χ1v) is 11.8. The van der Waals surface area contributed by atoms with Gasteiger partial charge in [0.15, 0.2) is 0 Å². The maximum absolute atomic E-state index is 2.70. The van der Waals surface area contributed by atoms with Crippen molar-refractivity contribution in [1.29, 1.82) is 0 Å². The Morgan fingerprint density at radius 3 is 1.40 bits per heavy atom. The van der Waals surface area contributed by atoms with Gasteiger partial charge in [-0.05, 0) is 19.9 Å². The molecule has 1 rings (SSSR count). The topological polar surface area (TPSA) is 3.24 Å². The van der Waals surface area contributed by atoms with Crippen LogP contribution in [0.4, 0.5) is 0 Å². The first-order chi connectivity index (χ1) is 12.2. The molecule has 0 aromatic rings. The van der Waals surface area contributed by atoms with Crippen molar-refractivity contribution in [3.8, 4) is 0 Å². The van der Waals surface area contributed by atoms with Crippen molar-refractivity contribution in [3.63, 3.8) is 0 Å². The van der Waals surface area contributed by atoms with Crippen molar-refractivity contribution in [1.82, 2.24) is 4.90 Å². The van der Waals surface area contributed by atoms with Gasteiger partial charge in [-0.15, -0.1) is 0 Å². The average Bonchev–Trinajstić information content (AvgIpc) is 2.63. The van der Waals surface area contributed by atoms with Crippen LogP contribution in [0.2, 0.25) is 0 Å². The van der Waals surface area contributed by atoms with Crippen LogP contribution >= 0.6 is 0 Å². The summed E-state index contributed by atoms with van der Waals surface area (Å²) >= 11 is 0. The van der Waals surface area contributed by atoms with Gasteiger partial charge in [0.2, 0.25) is 0 Å². The zero-order valence-corrected chi connectivity index (χ0v) is 18.0. The number of rotatable bonds is 16. The van der Waals surface area contributed by atoms with E-state index in [1.165, 1.54) is 134 Å². The highest BCUT2D eigenvalue weighted by Gasteiger charge is 2.26. The molecule has 0 aromatic carbocycles. The second-order valence-corrected chi connectivity index (χ2v) is 8.82. The van der Waals surface area contributed by atoms with E-state index < -0.39 is 0 Å². The zero-order valence-electron chi connectivity index (χ0n) is 18.0. The predicted octanol–water partition coefficient (Wildman–Crippen LogP) is 6.25. The van der Waals surface area contributed by atoms with Gasteiger partial charge in [0.05, 0.1) is 26.7 Å². The molecule has 0 aliphatic carbocycles. The summed E-state index contributed by atoms with van der Waals surface area (Å²) < 4.78 is 1.29. The molecule has 1 heterocycles. The molecule has 0 bridgehead atoms. The number of piperazine rings is 1. The van der Waals surface area contributed by atoms with Gasteiger partial charge in [0.25, 0.3) is 0 Å². The van der Waals surface area contributed by atoms with E-state index in [9.17, 15) is 0 Å². The maximum Gasteiger partial charge on any atom is 0.0914 e. The molecule has 1 aliphatic rings. The second kappa shape index (κ2) is 15.0. The van der Waals surface area contributed by atoms with Crippen LogP contribution in [0.1, 0.15) is 104 Å². The van der Waals surface area contributed by atoms with Gasteiger partial charge < -0.3 is 4.48 Å². The Morgan fingerprint density at radius 1 is 0.600 bits per heavy atom. The molecule has 0 saturated carbocycles. The van der Waals surface area contributed by atoms with Crippen LogP contribution in [-0.2, 0) is 0 Å². The third kappa shape index (κ3) is 12.0. The van der Waals surface area contributed by atoms with Crippen molar-refractivity contribution in [3.05, 3.63) is 0 Å². The summed E-state index contributed by atoms with van der Waals surface area (Å²) in [5, 5.41) is 0. The Morgan fingerprint density at radius 2 is 1.00 bits per heavy atom. The Bertz CT molecular complexity index is 282. The number of likely N-dealkylation sites (N-methyl/N-ethyl adjacent to an activating group) is 1. The molecule has 2 heteroatoms. The van der Waals surface area contributed by atoms with Crippen LogP contribution in [0.5, 0.6) is 0 Å². The van der Waals surface area contributed by atoms with E-state index in [2.05, 4.69) is 25.8 Å². The van der Waals surface area contributed by atoms with Gasteiger partial charge in [-0.2, -0.15) is 0 Å². The predicted molar refractivity (Wildman–Crippen MR) is 113 cm³/mol. The molecule has 1 aliphatic heterocycles. The van der Waals surface area contributed by atoms with Crippen molar-refractivity contribution in [2.45, 2.75) is 104 Å². The van der Waals surface area contributed by atoms with E-state index in [1.54, 1.807) is 0 Å². The average molecular weight is 354 g/mol. The maximum atomic E-state index is 2.70. The fourth-order valence-electron chi connectivity index (χ4n) is 4.06. The SMILES string of the molecule is CCCCCCCCCCCCCCCCN1CC[N+](C)(CC)CC1. The Balaban J connectivity index is 1.77. The fraction of sp³-hybridized carbons (Fsp3) is 1.00. The highest BCUT2D eigenvalue weighted by atomic mass is 15.4. The molecular formula is C23H49N2+. The van der Waals surface area contributed by atoms with E-state index in [4.69, 9.17) is 0 Å². The first-order valence-electron chi connectivity index (χ1n) is 11.8. The number of nitrogens with zero attached hydrogens (tertiary/aromatic N) is 2. The minimum atomic E-state index is 1.29. The molecule has 0 spiro atoms. The highest BCUT2D eigenvalue weighted by Crippen LogP contribution is 2.14. The minimum absolute atomic E-state index is 1.29. The van der Waals surface area contributed by atoms with Crippen LogP contribution in [0, 0.1) is 0 Å². The fourth-order valence-corrected chi connectivity index (χ4v) is 4.06. The molecule has 1 fully saturated rings. The third-order valence-electron chi connectivity index (χ3n) is 6.50. The lowest BCUT2D eigenvalue weighted by atomic mass is 10.0. The van der Waals surface area contributed by atoms with E-state index >= 15 is 0 Å². The summed E-state index contributed by atoms with van der Waals surface area (Å²) in [6, 6.07) is 0. The molecule has 0 atom stereocenters. The molecule has 0 amide bonds. The van der Waals surface area contributed by atoms with Gasteiger partial charge in [0, 0.05) is 13.1 Å². The summed E-state index contributed by atoms with van der Waals surface area (Å²) in [6.45, 7) is 12.6. The minimum Gasteiger partial charge on any atom is -0.324 e. The van der Waals surface area contributed by atoms with Crippen LogP contribution in [0.25, 0.3) is 0 Å².